The maximum atomic E-state index is 12.9. The molecule has 6 nitrogen and oxygen atoms in total. The number of hydrogen-bond donors (Lipinski definition) is 2. The zero-order valence-electron chi connectivity index (χ0n) is 14.6. The van der Waals surface area contributed by atoms with Gasteiger partial charge >= 0.3 is 5.97 Å². The number of carboxylic acid groups (broad SMARTS) is 1. The summed E-state index contributed by atoms with van der Waals surface area (Å²) in [5, 5.41) is 11.8. The summed E-state index contributed by atoms with van der Waals surface area (Å²) in [6.07, 6.45) is 1.11. The molecule has 2 aromatic rings. The fourth-order valence-electron chi connectivity index (χ4n) is 2.35. The number of ether oxygens (including phenoxy) is 2. The lowest BCUT2D eigenvalue weighted by Crippen LogP contribution is -2.40. The molecule has 2 N–H and O–H groups in total. The molecule has 1 aliphatic rings. The van der Waals surface area contributed by atoms with Crippen LogP contribution in [0.15, 0.2) is 48.5 Å². The number of amides is 1. The van der Waals surface area contributed by atoms with Crippen LogP contribution in [0.1, 0.15) is 23.2 Å². The lowest BCUT2D eigenvalue weighted by atomic mass is 10.2. The number of hydrogen-bond acceptors (Lipinski definition) is 4. The number of aliphatic carboxylic acids is 1. The zero-order valence-corrected chi connectivity index (χ0v) is 14.6. The van der Waals surface area contributed by atoms with Gasteiger partial charge in [0, 0.05) is 5.56 Å². The highest BCUT2D eigenvalue weighted by Gasteiger charge is 2.22. The average molecular weight is 373 g/mol. The van der Waals surface area contributed by atoms with Gasteiger partial charge in [-0.15, -0.1) is 0 Å². The summed E-state index contributed by atoms with van der Waals surface area (Å²) in [4.78, 5) is 23.5. The van der Waals surface area contributed by atoms with E-state index < -0.39 is 23.8 Å². The van der Waals surface area contributed by atoms with Gasteiger partial charge in [0.25, 0.3) is 5.91 Å². The number of carboxylic acids is 1. The van der Waals surface area contributed by atoms with Gasteiger partial charge in [-0.3, -0.25) is 4.79 Å². The van der Waals surface area contributed by atoms with Crippen molar-refractivity contribution in [2.45, 2.75) is 18.9 Å². The van der Waals surface area contributed by atoms with Gasteiger partial charge in [-0.25, -0.2) is 9.18 Å². The molecule has 0 heterocycles. The first kappa shape index (κ1) is 18.7. The van der Waals surface area contributed by atoms with E-state index in [2.05, 4.69) is 5.32 Å². The topological polar surface area (TPSA) is 84.9 Å². The van der Waals surface area contributed by atoms with Gasteiger partial charge in [-0.1, -0.05) is 0 Å². The summed E-state index contributed by atoms with van der Waals surface area (Å²) < 4.78 is 23.8. The molecular formula is C20H20FNO5. The van der Waals surface area contributed by atoms with Crippen molar-refractivity contribution in [3.05, 3.63) is 59.9 Å². The van der Waals surface area contributed by atoms with Crippen molar-refractivity contribution in [1.82, 2.24) is 5.32 Å². The van der Waals surface area contributed by atoms with Crippen molar-refractivity contribution in [3.8, 4) is 11.5 Å². The van der Waals surface area contributed by atoms with Crippen LogP contribution in [0.25, 0.3) is 0 Å². The third-order valence-electron chi connectivity index (χ3n) is 4.11. The molecular weight excluding hydrogens is 353 g/mol. The summed E-state index contributed by atoms with van der Waals surface area (Å²) in [6.45, 7) is 0.456. The number of rotatable bonds is 9. The molecule has 2 aromatic carbocycles. The number of carbonyl (C=O) groups excluding carboxylic acids is 1. The van der Waals surface area contributed by atoms with Crippen molar-refractivity contribution < 1.29 is 28.6 Å². The maximum absolute atomic E-state index is 12.9. The van der Waals surface area contributed by atoms with Gasteiger partial charge in [0.15, 0.2) is 0 Å². The van der Waals surface area contributed by atoms with Gasteiger partial charge in [0.1, 0.15) is 17.3 Å². The van der Waals surface area contributed by atoms with Crippen LogP contribution in [0.5, 0.6) is 11.5 Å². The standard InChI is InChI=1S/C20H20FNO5/c21-15-5-9-17(10-6-15)27-18(20(24)25)11-22-19(23)14-3-7-16(8-4-14)26-12-13-1-2-13/h3-10,13,18H,1-2,11-12H2,(H,22,23)(H,24,25). The Labute approximate surface area is 155 Å². The number of carbonyl (C=O) groups is 2. The van der Waals surface area contributed by atoms with Crippen molar-refractivity contribution in [3.63, 3.8) is 0 Å². The molecule has 0 bridgehead atoms. The Balaban J connectivity index is 1.52. The Hall–Kier alpha value is -3.09. The quantitative estimate of drug-likeness (QED) is 0.706. The first-order valence-electron chi connectivity index (χ1n) is 8.67. The number of benzene rings is 2. The van der Waals surface area contributed by atoms with Crippen LogP contribution in [0, 0.1) is 11.7 Å². The van der Waals surface area contributed by atoms with Crippen LogP contribution >= 0.6 is 0 Å². The van der Waals surface area contributed by atoms with Crippen molar-refractivity contribution in [2.75, 3.05) is 13.2 Å². The predicted molar refractivity (Wildman–Crippen MR) is 95.4 cm³/mol. The second-order valence-corrected chi connectivity index (χ2v) is 6.39. The summed E-state index contributed by atoms with van der Waals surface area (Å²) in [5.74, 6) is -0.563. The third-order valence-corrected chi connectivity index (χ3v) is 4.11. The second-order valence-electron chi connectivity index (χ2n) is 6.39. The molecule has 3 rings (SSSR count). The molecule has 1 amide bonds. The number of halogens is 1. The van der Waals surface area contributed by atoms with E-state index in [1.807, 2.05) is 0 Å². The first-order chi connectivity index (χ1) is 13.0. The highest BCUT2D eigenvalue weighted by atomic mass is 19.1. The van der Waals surface area contributed by atoms with Gasteiger partial charge in [0.05, 0.1) is 13.2 Å². The van der Waals surface area contributed by atoms with E-state index >= 15 is 0 Å². The Morgan fingerprint density at radius 2 is 1.70 bits per heavy atom. The van der Waals surface area contributed by atoms with Crippen LogP contribution in [0.4, 0.5) is 4.39 Å². The van der Waals surface area contributed by atoms with Gasteiger partial charge in [-0.2, -0.15) is 0 Å². The molecule has 142 valence electrons. The van der Waals surface area contributed by atoms with Crippen LogP contribution in [-0.4, -0.2) is 36.2 Å². The Morgan fingerprint density at radius 3 is 2.30 bits per heavy atom. The lowest BCUT2D eigenvalue weighted by Gasteiger charge is -2.16. The normalized spacial score (nSPS) is 14.3. The van der Waals surface area contributed by atoms with E-state index in [0.717, 1.165) is 0 Å². The average Bonchev–Trinajstić information content (AvgIpc) is 3.49. The molecule has 0 aliphatic heterocycles. The van der Waals surface area contributed by atoms with E-state index in [1.165, 1.54) is 37.1 Å². The predicted octanol–water partition coefficient (Wildman–Crippen LogP) is 2.88. The van der Waals surface area contributed by atoms with Gasteiger partial charge in [-0.05, 0) is 67.3 Å². The highest BCUT2D eigenvalue weighted by molar-refractivity contribution is 5.94. The number of nitrogens with one attached hydrogen (secondary N) is 1. The molecule has 0 saturated heterocycles. The van der Waals surface area contributed by atoms with Crippen LogP contribution in [0.2, 0.25) is 0 Å². The molecule has 1 atom stereocenters. The zero-order chi connectivity index (χ0) is 19.2. The molecule has 0 aromatic heterocycles. The molecule has 0 spiro atoms. The van der Waals surface area contributed by atoms with E-state index in [0.29, 0.717) is 23.8 Å². The Kier molecular flexibility index (Phi) is 5.90. The highest BCUT2D eigenvalue weighted by Crippen LogP contribution is 2.29. The van der Waals surface area contributed by atoms with Crippen molar-refractivity contribution >= 4 is 11.9 Å². The molecule has 1 aliphatic carbocycles. The summed E-state index contributed by atoms with van der Waals surface area (Å²) in [7, 11) is 0. The Morgan fingerprint density at radius 1 is 1.07 bits per heavy atom. The molecule has 1 saturated carbocycles. The Bertz CT molecular complexity index is 787. The SMILES string of the molecule is O=C(NCC(Oc1ccc(F)cc1)C(=O)O)c1ccc(OCC2CC2)cc1. The third kappa shape index (κ3) is 5.70. The molecule has 7 heteroatoms. The first-order valence-corrected chi connectivity index (χ1v) is 8.67. The minimum absolute atomic E-state index is 0.204. The van der Waals surface area contributed by atoms with Gasteiger partial charge in [0.2, 0.25) is 6.10 Å². The summed E-state index contributed by atoms with van der Waals surface area (Å²) >= 11 is 0. The van der Waals surface area contributed by atoms with Crippen LogP contribution < -0.4 is 14.8 Å². The molecule has 0 radical (unpaired) electrons. The maximum Gasteiger partial charge on any atom is 0.346 e. The van der Waals surface area contributed by atoms with E-state index in [4.69, 9.17) is 9.47 Å². The molecule has 1 unspecified atom stereocenters. The van der Waals surface area contributed by atoms with Crippen LogP contribution in [0.3, 0.4) is 0 Å². The monoisotopic (exact) mass is 373 g/mol. The fraction of sp³-hybridized carbons (Fsp3) is 0.300. The van der Waals surface area contributed by atoms with E-state index in [9.17, 15) is 19.1 Å². The molecule has 1 fully saturated rings. The summed E-state index contributed by atoms with van der Waals surface area (Å²) in [5.41, 5.74) is 0.389. The minimum atomic E-state index is -1.29. The second kappa shape index (κ2) is 8.53. The minimum Gasteiger partial charge on any atom is -0.493 e. The summed E-state index contributed by atoms with van der Waals surface area (Å²) in [6, 6.07) is 11.6. The fourth-order valence-corrected chi connectivity index (χ4v) is 2.35. The van der Waals surface area contributed by atoms with E-state index in [-0.39, 0.29) is 12.3 Å². The smallest absolute Gasteiger partial charge is 0.346 e. The largest absolute Gasteiger partial charge is 0.493 e. The van der Waals surface area contributed by atoms with E-state index in [1.54, 1.807) is 24.3 Å². The van der Waals surface area contributed by atoms with Gasteiger partial charge < -0.3 is 19.9 Å². The van der Waals surface area contributed by atoms with Crippen molar-refractivity contribution in [2.24, 2.45) is 5.92 Å². The molecule has 27 heavy (non-hydrogen) atoms. The van der Waals surface area contributed by atoms with Crippen molar-refractivity contribution in [1.29, 1.82) is 0 Å². The lowest BCUT2D eigenvalue weighted by molar-refractivity contribution is -0.144. The van der Waals surface area contributed by atoms with Crippen LogP contribution in [-0.2, 0) is 4.79 Å².